The molecule has 2 heterocycles. The van der Waals surface area contributed by atoms with E-state index in [1.54, 1.807) is 36.9 Å². The van der Waals surface area contributed by atoms with E-state index in [4.69, 9.17) is 9.47 Å². The maximum Gasteiger partial charge on any atom is 0.234 e. The standard InChI is InChI=1S/C21H18BrN5O3S/c1-29-15-7-9-18(30-2)17(11-15)23-20(28)12-31-21-25-24-19-10-8-16(26-27(19)21)13-3-5-14(22)6-4-13/h3-11H,12H2,1-2H3,(H,23,28). The van der Waals surface area contributed by atoms with Gasteiger partial charge in [0.05, 0.1) is 31.4 Å². The fourth-order valence-corrected chi connectivity index (χ4v) is 3.81. The van der Waals surface area contributed by atoms with Crippen LogP contribution in [0.25, 0.3) is 16.9 Å². The summed E-state index contributed by atoms with van der Waals surface area (Å²) in [5.41, 5.74) is 2.90. The van der Waals surface area contributed by atoms with Gasteiger partial charge in [-0.1, -0.05) is 39.8 Å². The molecule has 0 fully saturated rings. The summed E-state index contributed by atoms with van der Waals surface area (Å²) in [6.07, 6.45) is 0. The monoisotopic (exact) mass is 499 g/mol. The van der Waals surface area contributed by atoms with Gasteiger partial charge < -0.3 is 14.8 Å². The molecule has 4 rings (SSSR count). The van der Waals surface area contributed by atoms with Crippen molar-refractivity contribution in [3.63, 3.8) is 0 Å². The van der Waals surface area contributed by atoms with E-state index in [-0.39, 0.29) is 11.7 Å². The van der Waals surface area contributed by atoms with Gasteiger partial charge in [-0.15, -0.1) is 10.2 Å². The molecule has 0 bridgehead atoms. The molecule has 0 saturated heterocycles. The SMILES string of the molecule is COc1ccc(OC)c(NC(=O)CSc2nnc3ccc(-c4ccc(Br)cc4)nn23)c1. The largest absolute Gasteiger partial charge is 0.497 e. The second-order valence-corrected chi connectivity index (χ2v) is 8.24. The van der Waals surface area contributed by atoms with E-state index in [2.05, 4.69) is 36.5 Å². The molecule has 4 aromatic rings. The molecule has 1 amide bonds. The number of thioether (sulfide) groups is 1. The van der Waals surface area contributed by atoms with Crippen LogP contribution in [0.15, 0.2) is 64.2 Å². The number of methoxy groups -OCH3 is 2. The average molecular weight is 500 g/mol. The van der Waals surface area contributed by atoms with Gasteiger partial charge >= 0.3 is 0 Å². The molecule has 158 valence electrons. The Labute approximate surface area is 191 Å². The Morgan fingerprint density at radius 3 is 2.61 bits per heavy atom. The molecule has 0 aliphatic carbocycles. The number of carbonyl (C=O) groups excluding carboxylic acids is 1. The summed E-state index contributed by atoms with van der Waals surface area (Å²) < 4.78 is 13.1. The van der Waals surface area contributed by atoms with Gasteiger partial charge in [0.2, 0.25) is 11.1 Å². The van der Waals surface area contributed by atoms with Crippen LogP contribution in [0.4, 0.5) is 5.69 Å². The summed E-state index contributed by atoms with van der Waals surface area (Å²) in [4.78, 5) is 12.5. The first-order chi connectivity index (χ1) is 15.1. The second kappa shape index (κ2) is 9.36. The van der Waals surface area contributed by atoms with Gasteiger partial charge in [0.25, 0.3) is 0 Å². The maximum absolute atomic E-state index is 12.5. The van der Waals surface area contributed by atoms with Crippen LogP contribution in [-0.4, -0.2) is 45.7 Å². The molecule has 0 spiro atoms. The van der Waals surface area contributed by atoms with Gasteiger partial charge in [-0.25, -0.2) is 0 Å². The number of fused-ring (bicyclic) bond motifs is 1. The third kappa shape index (κ3) is 4.80. The lowest BCUT2D eigenvalue weighted by Crippen LogP contribution is -2.15. The van der Waals surface area contributed by atoms with Crippen LogP contribution in [0.2, 0.25) is 0 Å². The van der Waals surface area contributed by atoms with Crippen molar-refractivity contribution in [3.05, 3.63) is 59.1 Å². The van der Waals surface area contributed by atoms with Gasteiger partial charge in [-0.2, -0.15) is 9.61 Å². The van der Waals surface area contributed by atoms with Crippen LogP contribution < -0.4 is 14.8 Å². The number of nitrogens with one attached hydrogen (secondary N) is 1. The summed E-state index contributed by atoms with van der Waals surface area (Å²) in [7, 11) is 3.11. The van der Waals surface area contributed by atoms with Gasteiger partial charge in [-0.3, -0.25) is 4.79 Å². The number of hydrogen-bond acceptors (Lipinski definition) is 7. The molecule has 0 aliphatic rings. The van der Waals surface area contributed by atoms with E-state index < -0.39 is 0 Å². The molecular weight excluding hydrogens is 482 g/mol. The number of halogens is 1. The summed E-state index contributed by atoms with van der Waals surface area (Å²) in [5.74, 6) is 1.09. The number of nitrogens with zero attached hydrogens (tertiary/aromatic N) is 4. The Hall–Kier alpha value is -3.11. The van der Waals surface area contributed by atoms with E-state index in [0.717, 1.165) is 15.7 Å². The number of carbonyl (C=O) groups is 1. The lowest BCUT2D eigenvalue weighted by atomic mass is 10.1. The van der Waals surface area contributed by atoms with E-state index in [1.807, 2.05) is 36.4 Å². The lowest BCUT2D eigenvalue weighted by Gasteiger charge is -2.11. The van der Waals surface area contributed by atoms with Crippen molar-refractivity contribution < 1.29 is 14.3 Å². The van der Waals surface area contributed by atoms with Crippen LogP contribution in [0.3, 0.4) is 0 Å². The molecule has 2 aromatic heterocycles. The van der Waals surface area contributed by atoms with E-state index in [9.17, 15) is 4.79 Å². The Kier molecular flexibility index (Phi) is 6.38. The van der Waals surface area contributed by atoms with Crippen molar-refractivity contribution in [3.8, 4) is 22.8 Å². The van der Waals surface area contributed by atoms with Crippen molar-refractivity contribution in [1.82, 2.24) is 19.8 Å². The highest BCUT2D eigenvalue weighted by molar-refractivity contribution is 9.10. The van der Waals surface area contributed by atoms with E-state index >= 15 is 0 Å². The van der Waals surface area contributed by atoms with Crippen LogP contribution in [0.5, 0.6) is 11.5 Å². The van der Waals surface area contributed by atoms with E-state index in [0.29, 0.717) is 28.0 Å². The first-order valence-corrected chi connectivity index (χ1v) is 11.0. The van der Waals surface area contributed by atoms with Crippen LogP contribution in [0.1, 0.15) is 0 Å². The summed E-state index contributed by atoms with van der Waals surface area (Å²) >= 11 is 4.69. The molecule has 31 heavy (non-hydrogen) atoms. The van der Waals surface area contributed by atoms with Gasteiger partial charge in [0.15, 0.2) is 5.65 Å². The predicted molar refractivity (Wildman–Crippen MR) is 123 cm³/mol. The van der Waals surface area contributed by atoms with Crippen LogP contribution >= 0.6 is 27.7 Å². The lowest BCUT2D eigenvalue weighted by molar-refractivity contribution is -0.113. The second-order valence-electron chi connectivity index (χ2n) is 6.38. The van der Waals surface area contributed by atoms with Crippen LogP contribution in [-0.2, 0) is 4.79 Å². The van der Waals surface area contributed by atoms with Gasteiger partial charge in [0, 0.05) is 16.1 Å². The molecule has 0 aliphatic heterocycles. The smallest absolute Gasteiger partial charge is 0.234 e. The highest BCUT2D eigenvalue weighted by atomic mass is 79.9. The van der Waals surface area contributed by atoms with Crippen molar-refractivity contribution in [2.24, 2.45) is 0 Å². The van der Waals surface area contributed by atoms with Crippen molar-refractivity contribution in [2.45, 2.75) is 5.16 Å². The molecular formula is C21H18BrN5O3S. The Balaban J connectivity index is 1.49. The number of anilines is 1. The first kappa shape index (κ1) is 21.1. The predicted octanol–water partition coefficient (Wildman–Crippen LogP) is 4.30. The van der Waals surface area contributed by atoms with Crippen molar-refractivity contribution in [1.29, 1.82) is 0 Å². The highest BCUT2D eigenvalue weighted by Crippen LogP contribution is 2.29. The van der Waals surface area contributed by atoms with Gasteiger partial charge in [0.1, 0.15) is 11.5 Å². The summed E-state index contributed by atoms with van der Waals surface area (Å²) in [6.45, 7) is 0. The van der Waals surface area contributed by atoms with Crippen molar-refractivity contribution >= 4 is 44.9 Å². The van der Waals surface area contributed by atoms with Crippen molar-refractivity contribution in [2.75, 3.05) is 25.3 Å². The minimum Gasteiger partial charge on any atom is -0.497 e. The summed E-state index contributed by atoms with van der Waals surface area (Å²) in [5, 5.41) is 16.3. The quantitative estimate of drug-likeness (QED) is 0.379. The minimum atomic E-state index is -0.211. The third-order valence-corrected chi connectivity index (χ3v) is 5.84. The molecule has 0 radical (unpaired) electrons. The number of hydrogen-bond donors (Lipinski definition) is 1. The highest BCUT2D eigenvalue weighted by Gasteiger charge is 2.14. The molecule has 0 saturated carbocycles. The van der Waals surface area contributed by atoms with Crippen LogP contribution in [0, 0.1) is 0 Å². The Bertz CT molecular complexity index is 1230. The van der Waals surface area contributed by atoms with Gasteiger partial charge in [-0.05, 0) is 36.4 Å². The molecule has 2 aromatic carbocycles. The minimum absolute atomic E-state index is 0.130. The topological polar surface area (TPSA) is 90.6 Å². The third-order valence-electron chi connectivity index (χ3n) is 4.39. The fraction of sp³-hybridized carbons (Fsp3) is 0.143. The maximum atomic E-state index is 12.5. The zero-order valence-electron chi connectivity index (χ0n) is 16.7. The molecule has 10 heteroatoms. The summed E-state index contributed by atoms with van der Waals surface area (Å²) in [6, 6.07) is 16.8. The Morgan fingerprint density at radius 1 is 1.06 bits per heavy atom. The zero-order valence-corrected chi connectivity index (χ0v) is 19.1. The zero-order chi connectivity index (χ0) is 21.8. The number of amides is 1. The number of benzene rings is 2. The molecule has 8 nitrogen and oxygen atoms in total. The number of rotatable bonds is 7. The van der Waals surface area contributed by atoms with E-state index in [1.165, 1.54) is 11.8 Å². The Morgan fingerprint density at radius 2 is 1.87 bits per heavy atom. The fourth-order valence-electron chi connectivity index (χ4n) is 2.86. The molecule has 0 atom stereocenters. The number of ether oxygens (including phenoxy) is 2. The molecule has 0 unspecified atom stereocenters. The first-order valence-electron chi connectivity index (χ1n) is 9.20. The average Bonchev–Trinajstić information content (AvgIpc) is 3.20. The molecule has 1 N–H and O–H groups in total. The normalized spacial score (nSPS) is 10.8. The number of aromatic nitrogens is 4.